The lowest BCUT2D eigenvalue weighted by atomic mass is 10.1. The third-order valence-corrected chi connectivity index (χ3v) is 4.13. The molecule has 2 fully saturated rings. The molecule has 3 rings (SSSR count). The summed E-state index contributed by atoms with van der Waals surface area (Å²) in [6, 6.07) is 13.0. The van der Waals surface area contributed by atoms with Gasteiger partial charge in [-0.2, -0.15) is 10.5 Å². The maximum atomic E-state index is 9.34. The van der Waals surface area contributed by atoms with Gasteiger partial charge in [0.15, 0.2) is 0 Å². The van der Waals surface area contributed by atoms with Crippen LogP contribution in [-0.4, -0.2) is 41.5 Å². The van der Waals surface area contributed by atoms with E-state index in [1.807, 2.05) is 18.2 Å². The molecule has 0 radical (unpaired) electrons. The van der Waals surface area contributed by atoms with Crippen molar-refractivity contribution in [2.45, 2.75) is 31.5 Å². The van der Waals surface area contributed by atoms with Crippen LogP contribution in [0.5, 0.6) is 0 Å². The average molecular weight is 266 g/mol. The smallest absolute Gasteiger partial charge is 0.111 e. The van der Waals surface area contributed by atoms with Crippen LogP contribution in [0, 0.1) is 22.7 Å². The summed E-state index contributed by atoms with van der Waals surface area (Å²) in [5.74, 6) is 0. The van der Waals surface area contributed by atoms with E-state index in [2.05, 4.69) is 28.0 Å². The number of piperazine rings is 1. The second-order valence-corrected chi connectivity index (χ2v) is 5.66. The molecule has 1 aromatic carbocycles. The maximum absolute atomic E-state index is 9.34. The molecule has 1 atom stereocenters. The van der Waals surface area contributed by atoms with Crippen molar-refractivity contribution in [2.75, 3.05) is 19.6 Å². The lowest BCUT2D eigenvalue weighted by Crippen LogP contribution is -2.52. The van der Waals surface area contributed by atoms with E-state index >= 15 is 0 Å². The van der Waals surface area contributed by atoms with Gasteiger partial charge in [-0.15, -0.1) is 0 Å². The van der Waals surface area contributed by atoms with Gasteiger partial charge in [-0.25, -0.2) is 0 Å². The molecule has 0 amide bonds. The first-order chi connectivity index (χ1) is 9.80. The second kappa shape index (κ2) is 5.63. The van der Waals surface area contributed by atoms with E-state index in [4.69, 9.17) is 5.26 Å². The van der Waals surface area contributed by atoms with Crippen LogP contribution in [0.15, 0.2) is 24.3 Å². The monoisotopic (exact) mass is 266 g/mol. The topological polar surface area (TPSA) is 54.1 Å². The van der Waals surface area contributed by atoms with Gasteiger partial charge in [-0.1, -0.05) is 12.1 Å². The van der Waals surface area contributed by atoms with E-state index in [-0.39, 0.29) is 6.04 Å². The molecule has 1 unspecified atom stereocenters. The molecule has 1 aromatic rings. The second-order valence-electron chi connectivity index (χ2n) is 5.66. The molecule has 1 aliphatic heterocycles. The van der Waals surface area contributed by atoms with Gasteiger partial charge in [-0.05, 0) is 30.5 Å². The van der Waals surface area contributed by atoms with Gasteiger partial charge in [0.1, 0.15) is 6.04 Å². The first-order valence-corrected chi connectivity index (χ1v) is 7.17. The van der Waals surface area contributed by atoms with Gasteiger partial charge >= 0.3 is 0 Å². The van der Waals surface area contributed by atoms with Gasteiger partial charge in [0.2, 0.25) is 0 Å². The average Bonchev–Trinajstić information content (AvgIpc) is 3.32. The lowest BCUT2D eigenvalue weighted by Gasteiger charge is -2.38. The van der Waals surface area contributed by atoms with E-state index in [1.54, 1.807) is 0 Å². The Morgan fingerprint density at radius 1 is 1.20 bits per heavy atom. The summed E-state index contributed by atoms with van der Waals surface area (Å²) in [7, 11) is 0. The summed E-state index contributed by atoms with van der Waals surface area (Å²) < 4.78 is 0. The minimum Gasteiger partial charge on any atom is -0.295 e. The van der Waals surface area contributed by atoms with Crippen LogP contribution in [0.25, 0.3) is 0 Å². The number of hydrogen-bond acceptors (Lipinski definition) is 4. The quantitative estimate of drug-likeness (QED) is 0.836. The van der Waals surface area contributed by atoms with Crippen LogP contribution in [-0.2, 0) is 6.54 Å². The van der Waals surface area contributed by atoms with Crippen molar-refractivity contribution in [1.82, 2.24) is 9.80 Å². The molecule has 1 saturated heterocycles. The predicted molar refractivity (Wildman–Crippen MR) is 75.6 cm³/mol. The molecule has 0 aromatic heterocycles. The first kappa shape index (κ1) is 13.1. The molecule has 0 spiro atoms. The van der Waals surface area contributed by atoms with Crippen LogP contribution in [0.1, 0.15) is 24.0 Å². The SMILES string of the molecule is N#Cc1cccc(CN2CCN(C3CC3)C(C#N)C2)c1. The highest BCUT2D eigenvalue weighted by Crippen LogP contribution is 2.30. The van der Waals surface area contributed by atoms with Crippen LogP contribution >= 0.6 is 0 Å². The highest BCUT2D eigenvalue weighted by molar-refractivity contribution is 5.32. The summed E-state index contributed by atoms with van der Waals surface area (Å²) in [5.41, 5.74) is 1.86. The van der Waals surface area contributed by atoms with Gasteiger partial charge < -0.3 is 0 Å². The van der Waals surface area contributed by atoms with Crippen molar-refractivity contribution in [1.29, 1.82) is 10.5 Å². The van der Waals surface area contributed by atoms with Crippen molar-refractivity contribution in [2.24, 2.45) is 0 Å². The highest BCUT2D eigenvalue weighted by atomic mass is 15.3. The number of nitriles is 2. The minimum atomic E-state index is 0.0235. The van der Waals surface area contributed by atoms with Crippen molar-refractivity contribution >= 4 is 0 Å². The number of nitrogens with zero attached hydrogens (tertiary/aromatic N) is 4. The van der Waals surface area contributed by atoms with Crippen LogP contribution in [0.4, 0.5) is 0 Å². The Kier molecular flexibility index (Phi) is 3.69. The molecule has 20 heavy (non-hydrogen) atoms. The van der Waals surface area contributed by atoms with Crippen molar-refractivity contribution in [3.05, 3.63) is 35.4 Å². The van der Waals surface area contributed by atoms with E-state index in [0.29, 0.717) is 11.6 Å². The third kappa shape index (κ3) is 2.82. The Balaban J connectivity index is 1.64. The van der Waals surface area contributed by atoms with Gasteiger partial charge in [-0.3, -0.25) is 9.80 Å². The van der Waals surface area contributed by atoms with Gasteiger partial charge in [0.05, 0.1) is 17.7 Å². The Labute approximate surface area is 119 Å². The normalized spacial score (nSPS) is 24.0. The third-order valence-electron chi connectivity index (χ3n) is 4.13. The largest absolute Gasteiger partial charge is 0.295 e. The molecule has 1 saturated carbocycles. The summed E-state index contributed by atoms with van der Waals surface area (Å²) in [5, 5.41) is 18.3. The van der Waals surface area contributed by atoms with Gasteiger partial charge in [0, 0.05) is 32.2 Å². The number of benzene rings is 1. The highest BCUT2D eigenvalue weighted by Gasteiger charge is 2.37. The first-order valence-electron chi connectivity index (χ1n) is 7.17. The van der Waals surface area contributed by atoms with E-state index in [1.165, 1.54) is 12.8 Å². The number of rotatable bonds is 3. The molecular formula is C16H18N4. The van der Waals surface area contributed by atoms with Crippen LogP contribution < -0.4 is 0 Å². The lowest BCUT2D eigenvalue weighted by molar-refractivity contribution is 0.0898. The zero-order valence-electron chi connectivity index (χ0n) is 11.5. The molecule has 1 heterocycles. The Bertz CT molecular complexity index is 565. The summed E-state index contributed by atoms with van der Waals surface area (Å²) in [4.78, 5) is 4.69. The fourth-order valence-electron chi connectivity index (χ4n) is 2.95. The molecule has 1 aliphatic carbocycles. The van der Waals surface area contributed by atoms with E-state index in [0.717, 1.165) is 31.7 Å². The van der Waals surface area contributed by atoms with Crippen LogP contribution in [0.2, 0.25) is 0 Å². The zero-order valence-corrected chi connectivity index (χ0v) is 11.5. The molecular weight excluding hydrogens is 248 g/mol. The Morgan fingerprint density at radius 3 is 2.75 bits per heavy atom. The molecule has 4 nitrogen and oxygen atoms in total. The Hall–Kier alpha value is -1.88. The van der Waals surface area contributed by atoms with Crippen LogP contribution in [0.3, 0.4) is 0 Å². The minimum absolute atomic E-state index is 0.0235. The van der Waals surface area contributed by atoms with Gasteiger partial charge in [0.25, 0.3) is 0 Å². The zero-order chi connectivity index (χ0) is 13.9. The standard InChI is InChI=1S/C16H18N4/c17-9-13-2-1-3-14(8-13)11-19-6-7-20(15-4-5-15)16(10-18)12-19/h1-3,8,15-16H,4-7,11-12H2. The van der Waals surface area contributed by atoms with E-state index in [9.17, 15) is 5.26 Å². The number of hydrogen-bond donors (Lipinski definition) is 0. The molecule has 0 N–H and O–H groups in total. The van der Waals surface area contributed by atoms with Crippen molar-refractivity contribution < 1.29 is 0 Å². The molecule has 2 aliphatic rings. The summed E-state index contributed by atoms with van der Waals surface area (Å²) in [6.45, 7) is 3.63. The van der Waals surface area contributed by atoms with E-state index < -0.39 is 0 Å². The Morgan fingerprint density at radius 2 is 2.05 bits per heavy atom. The molecule has 0 bridgehead atoms. The molecule has 4 heteroatoms. The maximum Gasteiger partial charge on any atom is 0.111 e. The molecule has 102 valence electrons. The fourth-order valence-corrected chi connectivity index (χ4v) is 2.95. The van der Waals surface area contributed by atoms with Crippen molar-refractivity contribution in [3.63, 3.8) is 0 Å². The summed E-state index contributed by atoms with van der Waals surface area (Å²) >= 11 is 0. The predicted octanol–water partition coefficient (Wildman–Crippen LogP) is 1.73. The van der Waals surface area contributed by atoms with Crippen molar-refractivity contribution in [3.8, 4) is 12.1 Å². The fraction of sp³-hybridized carbons (Fsp3) is 0.500. The summed E-state index contributed by atoms with van der Waals surface area (Å²) in [6.07, 6.45) is 2.50.